The van der Waals surface area contributed by atoms with Gasteiger partial charge in [-0.05, 0) is 18.6 Å². The quantitative estimate of drug-likeness (QED) is 0.758. The molecule has 1 rings (SSSR count). The summed E-state index contributed by atoms with van der Waals surface area (Å²) in [5, 5.41) is 2.66. The lowest BCUT2D eigenvalue weighted by atomic mass is 10.3. The summed E-state index contributed by atoms with van der Waals surface area (Å²) in [5.74, 6) is 0.101. The lowest BCUT2D eigenvalue weighted by molar-refractivity contribution is 0.0926. The highest BCUT2D eigenvalue weighted by Gasteiger charge is 2.09. The predicted molar refractivity (Wildman–Crippen MR) is 51.0 cm³/mol. The fourth-order valence-corrected chi connectivity index (χ4v) is 0.920. The van der Waals surface area contributed by atoms with Crippen LogP contribution < -0.4 is 5.32 Å². The summed E-state index contributed by atoms with van der Waals surface area (Å²) in [6.45, 7) is 2.44. The highest BCUT2D eigenvalue weighted by molar-refractivity contribution is 6.20. The smallest absolute Gasteiger partial charge is 0.287 e. The Morgan fingerprint density at radius 1 is 1.77 bits per heavy atom. The van der Waals surface area contributed by atoms with Crippen molar-refractivity contribution in [2.75, 3.05) is 6.54 Å². The van der Waals surface area contributed by atoms with Crippen molar-refractivity contribution in [1.82, 2.24) is 5.32 Å². The summed E-state index contributed by atoms with van der Waals surface area (Å²) in [7, 11) is 0. The Bertz CT molecular complexity index is 259. The van der Waals surface area contributed by atoms with Crippen molar-refractivity contribution < 1.29 is 9.21 Å². The Morgan fingerprint density at radius 3 is 3.08 bits per heavy atom. The molecule has 1 aromatic heterocycles. The van der Waals surface area contributed by atoms with Crippen LogP contribution in [0.2, 0.25) is 0 Å². The molecule has 0 bridgehead atoms. The van der Waals surface area contributed by atoms with Crippen LogP contribution in [0.5, 0.6) is 0 Å². The molecule has 1 heterocycles. The fraction of sp³-hybridized carbons (Fsp3) is 0.444. The predicted octanol–water partition coefficient (Wildman–Crippen LogP) is 2.03. The molecule has 1 N–H and O–H groups in total. The van der Waals surface area contributed by atoms with E-state index in [9.17, 15) is 4.79 Å². The van der Waals surface area contributed by atoms with Gasteiger partial charge < -0.3 is 9.73 Å². The number of hydrogen-bond donors (Lipinski definition) is 1. The number of hydrogen-bond acceptors (Lipinski definition) is 2. The van der Waals surface area contributed by atoms with Crippen molar-refractivity contribution in [2.45, 2.75) is 18.7 Å². The van der Waals surface area contributed by atoms with Gasteiger partial charge in [-0.15, -0.1) is 11.6 Å². The Morgan fingerprint density at radius 2 is 2.54 bits per heavy atom. The van der Waals surface area contributed by atoms with Gasteiger partial charge in [-0.25, -0.2) is 0 Å². The van der Waals surface area contributed by atoms with Gasteiger partial charge in [-0.2, -0.15) is 0 Å². The number of carbonyl (C=O) groups excluding carboxylic acids is 1. The van der Waals surface area contributed by atoms with E-state index in [4.69, 9.17) is 16.0 Å². The largest absolute Gasteiger partial charge is 0.459 e. The number of rotatable bonds is 4. The third kappa shape index (κ3) is 3.11. The molecule has 0 saturated heterocycles. The first-order chi connectivity index (χ1) is 6.24. The molecule has 0 saturated carbocycles. The first kappa shape index (κ1) is 10.1. The van der Waals surface area contributed by atoms with E-state index in [0.29, 0.717) is 12.3 Å². The van der Waals surface area contributed by atoms with Crippen LogP contribution in [0.15, 0.2) is 22.8 Å². The van der Waals surface area contributed by atoms with Gasteiger partial charge in [0.15, 0.2) is 5.76 Å². The van der Waals surface area contributed by atoms with Gasteiger partial charge in [-0.3, -0.25) is 4.79 Å². The second kappa shape index (κ2) is 4.92. The van der Waals surface area contributed by atoms with E-state index in [1.165, 1.54) is 6.26 Å². The molecular weight excluding hydrogens is 190 g/mol. The third-order valence-corrected chi connectivity index (χ3v) is 2.13. The minimum Gasteiger partial charge on any atom is -0.459 e. The van der Waals surface area contributed by atoms with Gasteiger partial charge >= 0.3 is 0 Å². The number of amides is 1. The number of alkyl halides is 1. The summed E-state index contributed by atoms with van der Waals surface area (Å²) in [5.41, 5.74) is 0. The van der Waals surface area contributed by atoms with Crippen LogP contribution >= 0.6 is 11.6 Å². The normalized spacial score (nSPS) is 12.5. The van der Waals surface area contributed by atoms with E-state index in [2.05, 4.69) is 5.32 Å². The number of nitrogens with one attached hydrogen (secondary N) is 1. The van der Waals surface area contributed by atoms with E-state index >= 15 is 0 Å². The molecule has 72 valence electrons. The molecule has 0 spiro atoms. The molecule has 0 radical (unpaired) electrons. The van der Waals surface area contributed by atoms with Crippen LogP contribution in [0.4, 0.5) is 0 Å². The first-order valence-corrected chi connectivity index (χ1v) is 4.63. The average Bonchev–Trinajstić information content (AvgIpc) is 2.66. The Balaban J connectivity index is 2.35. The van der Waals surface area contributed by atoms with Gasteiger partial charge in [0.25, 0.3) is 5.91 Å². The standard InChI is InChI=1S/C9H12ClNO2/c1-2-7(10)6-11-9(12)8-4-3-5-13-8/h3-5,7H,2,6H2,1H3,(H,11,12). The van der Waals surface area contributed by atoms with E-state index in [1.54, 1.807) is 12.1 Å². The molecule has 1 aromatic rings. The molecule has 0 fully saturated rings. The van der Waals surface area contributed by atoms with Gasteiger partial charge in [-0.1, -0.05) is 6.92 Å². The van der Waals surface area contributed by atoms with E-state index in [0.717, 1.165) is 6.42 Å². The zero-order valence-electron chi connectivity index (χ0n) is 7.42. The Kier molecular flexibility index (Phi) is 3.83. The van der Waals surface area contributed by atoms with Crippen LogP contribution in [0.25, 0.3) is 0 Å². The van der Waals surface area contributed by atoms with Gasteiger partial charge in [0.2, 0.25) is 0 Å². The van der Waals surface area contributed by atoms with Crippen molar-refractivity contribution in [3.8, 4) is 0 Å². The molecule has 0 aliphatic carbocycles. The minimum atomic E-state index is -0.218. The Labute approximate surface area is 82.1 Å². The molecule has 1 amide bonds. The third-order valence-electron chi connectivity index (χ3n) is 1.67. The van der Waals surface area contributed by atoms with Crippen LogP contribution in [-0.2, 0) is 0 Å². The second-order valence-corrected chi connectivity index (χ2v) is 3.31. The summed E-state index contributed by atoms with van der Waals surface area (Å²) in [4.78, 5) is 11.3. The van der Waals surface area contributed by atoms with E-state index < -0.39 is 0 Å². The molecule has 0 aromatic carbocycles. The van der Waals surface area contributed by atoms with E-state index in [-0.39, 0.29) is 11.3 Å². The highest BCUT2D eigenvalue weighted by atomic mass is 35.5. The van der Waals surface area contributed by atoms with Gasteiger partial charge in [0.05, 0.1) is 11.6 Å². The molecular formula is C9H12ClNO2. The molecule has 13 heavy (non-hydrogen) atoms. The minimum absolute atomic E-state index is 0.0149. The van der Waals surface area contributed by atoms with Crippen LogP contribution in [0.3, 0.4) is 0 Å². The van der Waals surface area contributed by atoms with Crippen molar-refractivity contribution >= 4 is 17.5 Å². The summed E-state index contributed by atoms with van der Waals surface area (Å²) >= 11 is 5.83. The summed E-state index contributed by atoms with van der Waals surface area (Å²) in [6, 6.07) is 3.29. The maximum Gasteiger partial charge on any atom is 0.287 e. The monoisotopic (exact) mass is 201 g/mol. The molecule has 1 atom stereocenters. The Hall–Kier alpha value is -0.960. The lowest BCUT2D eigenvalue weighted by Crippen LogP contribution is -2.29. The summed E-state index contributed by atoms with van der Waals surface area (Å²) in [6.07, 6.45) is 2.30. The maximum absolute atomic E-state index is 11.3. The lowest BCUT2D eigenvalue weighted by Gasteiger charge is -2.06. The van der Waals surface area contributed by atoms with Gasteiger partial charge in [0.1, 0.15) is 0 Å². The van der Waals surface area contributed by atoms with E-state index in [1.807, 2.05) is 6.92 Å². The molecule has 3 nitrogen and oxygen atoms in total. The number of furan rings is 1. The van der Waals surface area contributed by atoms with Crippen molar-refractivity contribution in [3.05, 3.63) is 24.2 Å². The topological polar surface area (TPSA) is 42.2 Å². The van der Waals surface area contributed by atoms with Gasteiger partial charge in [0, 0.05) is 6.54 Å². The maximum atomic E-state index is 11.3. The SMILES string of the molecule is CCC(Cl)CNC(=O)c1ccco1. The molecule has 4 heteroatoms. The van der Waals surface area contributed by atoms with Crippen LogP contribution in [0.1, 0.15) is 23.9 Å². The van der Waals surface area contributed by atoms with Crippen molar-refractivity contribution in [3.63, 3.8) is 0 Å². The number of halogens is 1. The molecule has 1 unspecified atom stereocenters. The second-order valence-electron chi connectivity index (χ2n) is 2.69. The fourth-order valence-electron chi connectivity index (χ4n) is 0.843. The average molecular weight is 202 g/mol. The zero-order valence-corrected chi connectivity index (χ0v) is 8.17. The molecule has 0 aliphatic rings. The summed E-state index contributed by atoms with van der Waals surface area (Å²) < 4.78 is 4.91. The van der Waals surface area contributed by atoms with Crippen molar-refractivity contribution in [1.29, 1.82) is 0 Å². The first-order valence-electron chi connectivity index (χ1n) is 4.19. The highest BCUT2D eigenvalue weighted by Crippen LogP contribution is 2.01. The van der Waals surface area contributed by atoms with Crippen LogP contribution in [0, 0.1) is 0 Å². The van der Waals surface area contributed by atoms with Crippen LogP contribution in [-0.4, -0.2) is 17.8 Å². The van der Waals surface area contributed by atoms with Crippen molar-refractivity contribution in [2.24, 2.45) is 0 Å². The zero-order chi connectivity index (χ0) is 9.68. The molecule has 0 aliphatic heterocycles. The number of carbonyl (C=O) groups is 1.